The number of hydrogen-bond donors (Lipinski definition) is 2. The highest BCUT2D eigenvalue weighted by Crippen LogP contribution is 2.18. The van der Waals surface area contributed by atoms with E-state index in [0.717, 1.165) is 14.9 Å². The maximum atomic E-state index is 12.1. The third-order valence-electron chi connectivity index (χ3n) is 2.38. The highest BCUT2D eigenvalue weighted by Gasteiger charge is 2.20. The quantitative estimate of drug-likeness (QED) is 0.833. The molecule has 1 aromatic rings. The number of nitrogens with two attached hydrogens (primary N) is 1. The molecule has 0 aliphatic heterocycles. The number of aryl methyl sites for hydroxylation is 1. The van der Waals surface area contributed by atoms with E-state index in [1.165, 1.54) is 0 Å². The molecular weight excluding hydrogens is 316 g/mol. The van der Waals surface area contributed by atoms with Gasteiger partial charge in [-0.2, -0.15) is 0 Å². The second kappa shape index (κ2) is 6.33. The number of carbonyl (C=O) groups is 3. The maximum absolute atomic E-state index is 12.1. The highest BCUT2D eigenvalue weighted by molar-refractivity contribution is 9.10. The standard InChI is InChI=1S/C12H13BrN2O4/c1-7-2-3-8(4-9(7)13)12(19)15(5-10(14)16)6-11(17)18/h2-4H,5-6H2,1H3,(H2,14,16)(H,17,18). The van der Waals surface area contributed by atoms with Crippen molar-refractivity contribution in [3.63, 3.8) is 0 Å². The van der Waals surface area contributed by atoms with Crippen molar-refractivity contribution in [1.82, 2.24) is 4.90 Å². The van der Waals surface area contributed by atoms with E-state index < -0.39 is 30.9 Å². The van der Waals surface area contributed by atoms with Crippen molar-refractivity contribution in [1.29, 1.82) is 0 Å². The summed E-state index contributed by atoms with van der Waals surface area (Å²) in [6, 6.07) is 4.87. The minimum absolute atomic E-state index is 0.292. The number of nitrogens with zero attached hydrogens (tertiary/aromatic N) is 1. The van der Waals surface area contributed by atoms with Crippen LogP contribution in [0.15, 0.2) is 22.7 Å². The summed E-state index contributed by atoms with van der Waals surface area (Å²) in [6.07, 6.45) is 0. The second-order valence-electron chi connectivity index (χ2n) is 3.99. The molecule has 0 fully saturated rings. The van der Waals surface area contributed by atoms with Gasteiger partial charge in [-0.3, -0.25) is 14.4 Å². The zero-order chi connectivity index (χ0) is 14.6. The van der Waals surface area contributed by atoms with Crippen molar-refractivity contribution < 1.29 is 19.5 Å². The molecule has 102 valence electrons. The molecule has 19 heavy (non-hydrogen) atoms. The molecule has 0 unspecified atom stereocenters. The average molecular weight is 329 g/mol. The fourth-order valence-electron chi connectivity index (χ4n) is 1.46. The van der Waals surface area contributed by atoms with Crippen LogP contribution in [0.25, 0.3) is 0 Å². The first kappa shape index (κ1) is 15.2. The first-order valence-electron chi connectivity index (χ1n) is 5.36. The largest absolute Gasteiger partial charge is 0.480 e. The van der Waals surface area contributed by atoms with Gasteiger partial charge >= 0.3 is 5.97 Å². The third-order valence-corrected chi connectivity index (χ3v) is 3.23. The topological polar surface area (TPSA) is 101 Å². The predicted molar refractivity (Wildman–Crippen MR) is 71.6 cm³/mol. The Bertz CT molecular complexity index is 514. The fourth-order valence-corrected chi connectivity index (χ4v) is 1.84. The van der Waals surface area contributed by atoms with Gasteiger partial charge in [-0.05, 0) is 24.6 Å². The van der Waals surface area contributed by atoms with Gasteiger partial charge in [0.1, 0.15) is 13.1 Å². The summed E-state index contributed by atoms with van der Waals surface area (Å²) >= 11 is 3.29. The van der Waals surface area contributed by atoms with Gasteiger partial charge in [-0.15, -0.1) is 0 Å². The Morgan fingerprint density at radius 1 is 1.32 bits per heavy atom. The first-order valence-corrected chi connectivity index (χ1v) is 6.16. The number of carboxylic acid groups (broad SMARTS) is 1. The number of aliphatic carboxylic acids is 1. The molecule has 0 aliphatic rings. The van der Waals surface area contributed by atoms with Crippen molar-refractivity contribution in [3.05, 3.63) is 33.8 Å². The minimum Gasteiger partial charge on any atom is -0.480 e. The summed E-state index contributed by atoms with van der Waals surface area (Å²) in [6.45, 7) is 0.848. The van der Waals surface area contributed by atoms with E-state index in [1.807, 2.05) is 6.92 Å². The Labute approximate surface area is 118 Å². The number of amides is 2. The van der Waals surface area contributed by atoms with Crippen LogP contribution in [0.1, 0.15) is 15.9 Å². The van der Waals surface area contributed by atoms with Crippen LogP contribution in [0, 0.1) is 6.92 Å². The van der Waals surface area contributed by atoms with Crippen molar-refractivity contribution in [3.8, 4) is 0 Å². The Balaban J connectivity index is 3.00. The molecule has 0 saturated carbocycles. The Morgan fingerprint density at radius 3 is 2.42 bits per heavy atom. The molecule has 0 saturated heterocycles. The van der Waals surface area contributed by atoms with Gasteiger partial charge in [0.2, 0.25) is 5.91 Å². The summed E-state index contributed by atoms with van der Waals surface area (Å²) in [4.78, 5) is 34.6. The van der Waals surface area contributed by atoms with Crippen molar-refractivity contribution in [2.24, 2.45) is 5.73 Å². The molecule has 0 radical (unpaired) electrons. The Hall–Kier alpha value is -1.89. The summed E-state index contributed by atoms with van der Waals surface area (Å²) in [7, 11) is 0. The van der Waals surface area contributed by atoms with Gasteiger partial charge < -0.3 is 15.7 Å². The van der Waals surface area contributed by atoms with Gasteiger partial charge in [0.15, 0.2) is 0 Å². The smallest absolute Gasteiger partial charge is 0.323 e. The normalized spacial score (nSPS) is 10.0. The lowest BCUT2D eigenvalue weighted by atomic mass is 10.1. The zero-order valence-corrected chi connectivity index (χ0v) is 11.8. The molecule has 1 rings (SSSR count). The molecule has 0 aromatic heterocycles. The summed E-state index contributed by atoms with van der Waals surface area (Å²) in [5.74, 6) is -2.52. The maximum Gasteiger partial charge on any atom is 0.323 e. The summed E-state index contributed by atoms with van der Waals surface area (Å²) < 4.78 is 0.729. The van der Waals surface area contributed by atoms with Crippen LogP contribution in [0.5, 0.6) is 0 Å². The number of primary amides is 1. The molecule has 2 amide bonds. The van der Waals surface area contributed by atoms with Crippen LogP contribution in [0.2, 0.25) is 0 Å². The van der Waals surface area contributed by atoms with E-state index in [0.29, 0.717) is 5.56 Å². The Morgan fingerprint density at radius 2 is 1.95 bits per heavy atom. The van der Waals surface area contributed by atoms with E-state index in [4.69, 9.17) is 10.8 Å². The predicted octanol–water partition coefficient (Wildman–Crippen LogP) is 0.770. The third kappa shape index (κ3) is 4.36. The van der Waals surface area contributed by atoms with Crippen molar-refractivity contribution in [2.75, 3.05) is 13.1 Å². The van der Waals surface area contributed by atoms with E-state index >= 15 is 0 Å². The number of halogens is 1. The molecule has 0 spiro atoms. The molecule has 1 aromatic carbocycles. The fraction of sp³-hybridized carbons (Fsp3) is 0.250. The molecule has 0 bridgehead atoms. The molecule has 0 heterocycles. The molecule has 7 heteroatoms. The number of carboxylic acids is 1. The lowest BCUT2D eigenvalue weighted by Gasteiger charge is -2.19. The van der Waals surface area contributed by atoms with Crippen molar-refractivity contribution in [2.45, 2.75) is 6.92 Å². The van der Waals surface area contributed by atoms with Gasteiger partial charge in [0.25, 0.3) is 5.91 Å². The minimum atomic E-state index is -1.21. The lowest BCUT2D eigenvalue weighted by molar-refractivity contribution is -0.138. The molecule has 3 N–H and O–H groups in total. The zero-order valence-electron chi connectivity index (χ0n) is 10.2. The van der Waals surface area contributed by atoms with E-state index in [1.54, 1.807) is 18.2 Å². The molecule has 0 aliphatic carbocycles. The van der Waals surface area contributed by atoms with E-state index in [2.05, 4.69) is 15.9 Å². The number of carbonyl (C=O) groups excluding carboxylic acids is 2. The average Bonchev–Trinajstić information content (AvgIpc) is 2.29. The molecule has 0 atom stereocenters. The molecular formula is C12H13BrN2O4. The number of hydrogen-bond acceptors (Lipinski definition) is 3. The van der Waals surface area contributed by atoms with Crippen LogP contribution in [-0.2, 0) is 9.59 Å². The Kier molecular flexibility index (Phi) is 5.05. The van der Waals surface area contributed by atoms with Crippen LogP contribution in [0.3, 0.4) is 0 Å². The first-order chi connectivity index (χ1) is 8.81. The monoisotopic (exact) mass is 328 g/mol. The summed E-state index contributed by atoms with van der Waals surface area (Å²) in [5.41, 5.74) is 6.24. The van der Waals surface area contributed by atoms with Crippen LogP contribution in [0.4, 0.5) is 0 Å². The van der Waals surface area contributed by atoms with Gasteiger partial charge in [-0.1, -0.05) is 22.0 Å². The SMILES string of the molecule is Cc1ccc(C(=O)N(CC(N)=O)CC(=O)O)cc1Br. The summed E-state index contributed by atoms with van der Waals surface area (Å²) in [5, 5.41) is 8.74. The molecule has 6 nitrogen and oxygen atoms in total. The highest BCUT2D eigenvalue weighted by atomic mass is 79.9. The van der Waals surface area contributed by atoms with E-state index in [-0.39, 0.29) is 0 Å². The van der Waals surface area contributed by atoms with Crippen LogP contribution in [-0.4, -0.2) is 40.9 Å². The van der Waals surface area contributed by atoms with Gasteiger partial charge in [-0.25, -0.2) is 0 Å². The lowest BCUT2D eigenvalue weighted by Crippen LogP contribution is -2.41. The van der Waals surface area contributed by atoms with Crippen LogP contribution < -0.4 is 5.73 Å². The van der Waals surface area contributed by atoms with E-state index in [9.17, 15) is 14.4 Å². The van der Waals surface area contributed by atoms with Gasteiger partial charge in [0, 0.05) is 10.0 Å². The van der Waals surface area contributed by atoms with Crippen molar-refractivity contribution >= 4 is 33.7 Å². The van der Waals surface area contributed by atoms with Crippen LogP contribution >= 0.6 is 15.9 Å². The second-order valence-corrected chi connectivity index (χ2v) is 4.84. The number of rotatable bonds is 5. The van der Waals surface area contributed by atoms with Gasteiger partial charge in [0.05, 0.1) is 0 Å². The number of benzene rings is 1.